The summed E-state index contributed by atoms with van der Waals surface area (Å²) in [6, 6.07) is 9.25. The van der Waals surface area contributed by atoms with Gasteiger partial charge in [0.25, 0.3) is 11.8 Å². The number of nitrogens with one attached hydrogen (secondary N) is 1. The zero-order valence-electron chi connectivity index (χ0n) is 13.2. The summed E-state index contributed by atoms with van der Waals surface area (Å²) in [6.07, 6.45) is -0.151. The van der Waals surface area contributed by atoms with Crippen molar-refractivity contribution in [2.45, 2.75) is 33.0 Å². The van der Waals surface area contributed by atoms with E-state index in [4.69, 9.17) is 14.4 Å². The van der Waals surface area contributed by atoms with Gasteiger partial charge in [-0.15, -0.1) is 0 Å². The normalized spacial score (nSPS) is 12.2. The van der Waals surface area contributed by atoms with Gasteiger partial charge in [-0.05, 0) is 18.1 Å². The van der Waals surface area contributed by atoms with Gasteiger partial charge in [0.2, 0.25) is 0 Å². The summed E-state index contributed by atoms with van der Waals surface area (Å²) in [5.74, 6) is 1.11. The maximum absolute atomic E-state index is 12.3. The number of nitrogens with zero attached hydrogens (tertiary/aromatic N) is 2. The summed E-state index contributed by atoms with van der Waals surface area (Å²) < 4.78 is 10.6. The summed E-state index contributed by atoms with van der Waals surface area (Å²) in [6.45, 7) is 3.93. The van der Waals surface area contributed by atoms with Crippen LogP contribution in [-0.2, 0) is 17.8 Å². The summed E-state index contributed by atoms with van der Waals surface area (Å²) >= 11 is 0. The lowest BCUT2D eigenvalue weighted by Crippen LogP contribution is -2.42. The average Bonchev–Trinajstić information content (AvgIpc) is 3.01. The molecule has 0 unspecified atom stereocenters. The molecule has 1 atom stereocenters. The number of hydrogen-bond acceptors (Lipinski definition) is 6. The standard InChI is InChI=1S/C16H21N3O4/c1-11(2)15(22-12-6-4-3-5-7-12)16(21)17-9-8-13-18-14(10-20)23-19-13/h3-7,11,15,20H,8-10H2,1-2H3,(H,17,21)/t15-/m0/s1. The van der Waals surface area contributed by atoms with Gasteiger partial charge < -0.3 is 19.7 Å². The Bertz CT molecular complexity index is 613. The molecule has 2 N–H and O–H groups in total. The van der Waals surface area contributed by atoms with Gasteiger partial charge in [-0.2, -0.15) is 4.98 Å². The van der Waals surface area contributed by atoms with Gasteiger partial charge in [0, 0.05) is 13.0 Å². The van der Waals surface area contributed by atoms with Crippen LogP contribution in [0.1, 0.15) is 25.6 Å². The Morgan fingerprint density at radius 1 is 1.35 bits per heavy atom. The second-order valence-corrected chi connectivity index (χ2v) is 5.40. The molecule has 1 heterocycles. The molecule has 124 valence electrons. The lowest BCUT2D eigenvalue weighted by atomic mass is 10.1. The molecule has 1 aromatic carbocycles. The van der Waals surface area contributed by atoms with Crippen LogP contribution in [0.3, 0.4) is 0 Å². The minimum atomic E-state index is -0.573. The number of aliphatic hydroxyl groups excluding tert-OH is 1. The van der Waals surface area contributed by atoms with E-state index in [1.807, 2.05) is 44.2 Å². The monoisotopic (exact) mass is 319 g/mol. The van der Waals surface area contributed by atoms with E-state index in [1.54, 1.807) is 0 Å². The number of amides is 1. The van der Waals surface area contributed by atoms with E-state index in [0.29, 0.717) is 24.5 Å². The lowest BCUT2D eigenvalue weighted by molar-refractivity contribution is -0.129. The number of hydrogen-bond donors (Lipinski definition) is 2. The lowest BCUT2D eigenvalue weighted by Gasteiger charge is -2.21. The van der Waals surface area contributed by atoms with Gasteiger partial charge >= 0.3 is 0 Å². The molecular formula is C16H21N3O4. The van der Waals surface area contributed by atoms with E-state index >= 15 is 0 Å². The third kappa shape index (κ3) is 5.07. The Morgan fingerprint density at radius 3 is 2.70 bits per heavy atom. The number of benzene rings is 1. The number of carbonyl (C=O) groups is 1. The summed E-state index contributed by atoms with van der Waals surface area (Å²) in [5.41, 5.74) is 0. The summed E-state index contributed by atoms with van der Waals surface area (Å²) in [5, 5.41) is 15.4. The highest BCUT2D eigenvalue weighted by molar-refractivity contribution is 5.81. The third-order valence-corrected chi connectivity index (χ3v) is 3.16. The quantitative estimate of drug-likeness (QED) is 0.761. The molecular weight excluding hydrogens is 298 g/mol. The van der Waals surface area contributed by atoms with Crippen molar-refractivity contribution >= 4 is 5.91 Å². The fraction of sp³-hybridized carbons (Fsp3) is 0.438. The first-order valence-electron chi connectivity index (χ1n) is 7.52. The first kappa shape index (κ1) is 17.0. The Balaban J connectivity index is 1.85. The van der Waals surface area contributed by atoms with Gasteiger partial charge in [-0.3, -0.25) is 4.79 Å². The average molecular weight is 319 g/mol. The Hall–Kier alpha value is -2.41. The number of para-hydroxylation sites is 1. The molecule has 2 aromatic rings. The van der Waals surface area contributed by atoms with Gasteiger partial charge in [-0.1, -0.05) is 37.2 Å². The highest BCUT2D eigenvalue weighted by Crippen LogP contribution is 2.15. The van der Waals surface area contributed by atoms with Gasteiger partial charge in [0.05, 0.1) is 0 Å². The minimum absolute atomic E-state index is 0.0290. The van der Waals surface area contributed by atoms with Crippen LogP contribution in [-0.4, -0.2) is 33.8 Å². The fourth-order valence-corrected chi connectivity index (χ4v) is 1.99. The largest absolute Gasteiger partial charge is 0.480 e. The number of aliphatic hydroxyl groups is 1. The predicted octanol–water partition coefficient (Wildman–Crippen LogP) is 1.32. The second-order valence-electron chi connectivity index (χ2n) is 5.40. The highest BCUT2D eigenvalue weighted by Gasteiger charge is 2.24. The maximum Gasteiger partial charge on any atom is 0.261 e. The van der Waals surface area contributed by atoms with Crippen LogP contribution < -0.4 is 10.1 Å². The van der Waals surface area contributed by atoms with Crippen molar-refractivity contribution in [2.24, 2.45) is 5.92 Å². The van der Waals surface area contributed by atoms with Crippen LogP contribution in [0.4, 0.5) is 0 Å². The maximum atomic E-state index is 12.3. The van der Waals surface area contributed by atoms with E-state index in [0.717, 1.165) is 0 Å². The molecule has 7 heteroatoms. The van der Waals surface area contributed by atoms with Crippen LogP contribution >= 0.6 is 0 Å². The molecule has 0 aliphatic rings. The molecule has 0 saturated carbocycles. The van der Waals surface area contributed by atoms with Crippen LogP contribution in [0.5, 0.6) is 5.75 Å². The summed E-state index contributed by atoms with van der Waals surface area (Å²) in [4.78, 5) is 16.3. The van der Waals surface area contributed by atoms with Crippen LogP contribution in [0.2, 0.25) is 0 Å². The Kier molecular flexibility index (Phi) is 6.10. The van der Waals surface area contributed by atoms with E-state index < -0.39 is 6.10 Å². The number of aromatic nitrogens is 2. The van der Waals surface area contributed by atoms with E-state index in [9.17, 15) is 4.79 Å². The van der Waals surface area contributed by atoms with Gasteiger partial charge in [0.1, 0.15) is 12.4 Å². The molecule has 0 fully saturated rings. The zero-order valence-corrected chi connectivity index (χ0v) is 13.2. The Morgan fingerprint density at radius 2 is 2.09 bits per heavy atom. The zero-order chi connectivity index (χ0) is 16.7. The molecule has 1 amide bonds. The molecule has 0 saturated heterocycles. The van der Waals surface area contributed by atoms with Crippen LogP contribution in [0.25, 0.3) is 0 Å². The van der Waals surface area contributed by atoms with Crippen molar-refractivity contribution in [3.05, 3.63) is 42.0 Å². The molecule has 1 aromatic heterocycles. The van der Waals surface area contributed by atoms with Crippen molar-refractivity contribution in [2.75, 3.05) is 6.54 Å². The summed E-state index contributed by atoms with van der Waals surface area (Å²) in [7, 11) is 0. The molecule has 0 spiro atoms. The first-order valence-corrected chi connectivity index (χ1v) is 7.52. The SMILES string of the molecule is CC(C)[C@H](Oc1ccccc1)C(=O)NCCc1noc(CO)n1. The number of ether oxygens (including phenoxy) is 1. The van der Waals surface area contributed by atoms with Crippen molar-refractivity contribution in [1.82, 2.24) is 15.5 Å². The minimum Gasteiger partial charge on any atom is -0.480 e. The van der Waals surface area contributed by atoms with Gasteiger partial charge in [0.15, 0.2) is 11.9 Å². The molecule has 7 nitrogen and oxygen atoms in total. The third-order valence-electron chi connectivity index (χ3n) is 3.16. The van der Waals surface area contributed by atoms with E-state index in [1.165, 1.54) is 0 Å². The number of rotatable bonds is 8. The van der Waals surface area contributed by atoms with Crippen molar-refractivity contribution in [1.29, 1.82) is 0 Å². The van der Waals surface area contributed by atoms with E-state index in [-0.39, 0.29) is 24.3 Å². The molecule has 0 aliphatic carbocycles. The van der Waals surface area contributed by atoms with Crippen LogP contribution in [0.15, 0.2) is 34.9 Å². The molecule has 2 rings (SSSR count). The molecule has 0 radical (unpaired) electrons. The van der Waals surface area contributed by atoms with Crippen LogP contribution in [0, 0.1) is 5.92 Å². The molecule has 0 aliphatic heterocycles. The smallest absolute Gasteiger partial charge is 0.261 e. The number of carbonyl (C=O) groups excluding carboxylic acids is 1. The predicted molar refractivity (Wildman–Crippen MR) is 82.6 cm³/mol. The van der Waals surface area contributed by atoms with Crippen molar-refractivity contribution in [3.63, 3.8) is 0 Å². The van der Waals surface area contributed by atoms with E-state index in [2.05, 4.69) is 15.5 Å². The fourth-order valence-electron chi connectivity index (χ4n) is 1.99. The highest BCUT2D eigenvalue weighted by atomic mass is 16.5. The van der Waals surface area contributed by atoms with Crippen molar-refractivity contribution < 1.29 is 19.2 Å². The van der Waals surface area contributed by atoms with Crippen molar-refractivity contribution in [3.8, 4) is 5.75 Å². The van der Waals surface area contributed by atoms with Gasteiger partial charge in [-0.25, -0.2) is 0 Å². The molecule has 23 heavy (non-hydrogen) atoms. The second kappa shape index (κ2) is 8.28. The topological polar surface area (TPSA) is 97.5 Å². The first-order chi connectivity index (χ1) is 11.1. The Labute approximate surface area is 134 Å². The molecule has 0 bridgehead atoms.